The van der Waals surface area contributed by atoms with E-state index < -0.39 is 0 Å². The van der Waals surface area contributed by atoms with Gasteiger partial charge in [-0.25, -0.2) is 0 Å². The van der Waals surface area contributed by atoms with Gasteiger partial charge in [-0.1, -0.05) is 29.4 Å². The largest absolute Gasteiger partial charge is 0.409 e. The SMILES string of the molecule is CC1(NC(=O)Cc2ccc(/C(N)=N/O)cc2)CCOCC1. The minimum absolute atomic E-state index is 0.00375. The number of rotatable bonds is 4. The van der Waals surface area contributed by atoms with Crippen molar-refractivity contribution in [3.63, 3.8) is 0 Å². The van der Waals surface area contributed by atoms with Crippen molar-refractivity contribution in [2.24, 2.45) is 10.9 Å². The molecule has 0 spiro atoms. The third-order valence-corrected chi connectivity index (χ3v) is 3.76. The summed E-state index contributed by atoms with van der Waals surface area (Å²) in [7, 11) is 0. The van der Waals surface area contributed by atoms with E-state index in [1.807, 2.05) is 0 Å². The summed E-state index contributed by atoms with van der Waals surface area (Å²) in [5, 5.41) is 14.6. The summed E-state index contributed by atoms with van der Waals surface area (Å²) >= 11 is 0. The van der Waals surface area contributed by atoms with Crippen LogP contribution in [-0.4, -0.2) is 35.7 Å². The summed E-state index contributed by atoms with van der Waals surface area (Å²) in [4.78, 5) is 12.1. The van der Waals surface area contributed by atoms with Crippen LogP contribution in [0.15, 0.2) is 29.4 Å². The van der Waals surface area contributed by atoms with Crippen LogP contribution in [0.5, 0.6) is 0 Å². The number of carbonyl (C=O) groups is 1. The zero-order valence-corrected chi connectivity index (χ0v) is 12.1. The van der Waals surface area contributed by atoms with Crippen LogP contribution in [0.2, 0.25) is 0 Å². The molecule has 1 aliphatic heterocycles. The molecule has 0 atom stereocenters. The molecule has 0 bridgehead atoms. The van der Waals surface area contributed by atoms with Crippen LogP contribution < -0.4 is 11.1 Å². The molecular formula is C15H21N3O3. The van der Waals surface area contributed by atoms with Crippen LogP contribution in [0, 0.1) is 0 Å². The van der Waals surface area contributed by atoms with Gasteiger partial charge in [0.1, 0.15) is 0 Å². The van der Waals surface area contributed by atoms with Crippen LogP contribution in [0.1, 0.15) is 30.9 Å². The van der Waals surface area contributed by atoms with Crippen LogP contribution in [0.25, 0.3) is 0 Å². The van der Waals surface area contributed by atoms with Gasteiger partial charge in [0, 0.05) is 24.3 Å². The standard InChI is InChI=1S/C15H21N3O3/c1-15(6-8-21-9-7-15)17-13(19)10-11-2-4-12(5-3-11)14(16)18-20/h2-5,20H,6-10H2,1H3,(H2,16,18)(H,17,19). The first-order valence-corrected chi connectivity index (χ1v) is 6.98. The second-order valence-corrected chi connectivity index (χ2v) is 5.58. The van der Waals surface area contributed by atoms with E-state index in [-0.39, 0.29) is 17.3 Å². The summed E-state index contributed by atoms with van der Waals surface area (Å²) in [5.41, 5.74) is 6.83. The van der Waals surface area contributed by atoms with E-state index in [0.717, 1.165) is 18.4 Å². The zero-order chi connectivity index (χ0) is 15.3. The Morgan fingerprint density at radius 1 is 1.38 bits per heavy atom. The maximum absolute atomic E-state index is 12.1. The molecule has 0 radical (unpaired) electrons. The minimum atomic E-state index is -0.177. The summed E-state index contributed by atoms with van der Waals surface area (Å²) < 4.78 is 5.32. The first-order valence-electron chi connectivity index (χ1n) is 6.98. The molecule has 0 saturated carbocycles. The second kappa shape index (κ2) is 6.58. The number of oxime groups is 1. The predicted octanol–water partition coefficient (Wildman–Crippen LogP) is 1.01. The van der Waals surface area contributed by atoms with Crippen LogP contribution >= 0.6 is 0 Å². The molecule has 0 aromatic heterocycles. The molecule has 1 aliphatic rings. The molecule has 6 heteroatoms. The van der Waals surface area contributed by atoms with Crippen LogP contribution in [0.3, 0.4) is 0 Å². The Balaban J connectivity index is 1.93. The first-order chi connectivity index (χ1) is 10.0. The van der Waals surface area contributed by atoms with Crippen molar-refractivity contribution in [3.8, 4) is 0 Å². The molecule has 0 aliphatic carbocycles. The highest BCUT2D eigenvalue weighted by Gasteiger charge is 2.28. The molecule has 1 fully saturated rings. The maximum Gasteiger partial charge on any atom is 0.224 e. The van der Waals surface area contributed by atoms with Crippen molar-refractivity contribution in [1.29, 1.82) is 0 Å². The number of nitrogens with two attached hydrogens (primary N) is 1. The number of amidine groups is 1. The third-order valence-electron chi connectivity index (χ3n) is 3.76. The van der Waals surface area contributed by atoms with Gasteiger partial charge in [0.05, 0.1) is 6.42 Å². The van der Waals surface area contributed by atoms with Crippen molar-refractivity contribution in [1.82, 2.24) is 5.32 Å². The minimum Gasteiger partial charge on any atom is -0.409 e. The fourth-order valence-corrected chi connectivity index (χ4v) is 2.36. The monoisotopic (exact) mass is 291 g/mol. The Bertz CT molecular complexity index is 519. The van der Waals surface area contributed by atoms with Crippen LogP contribution in [-0.2, 0) is 16.0 Å². The molecule has 1 saturated heterocycles. The summed E-state index contributed by atoms with van der Waals surface area (Å²) in [6.45, 7) is 3.42. The summed E-state index contributed by atoms with van der Waals surface area (Å²) in [5.74, 6) is 0.0525. The number of ether oxygens (including phenoxy) is 1. The lowest BCUT2D eigenvalue weighted by molar-refractivity contribution is -0.123. The summed E-state index contributed by atoms with van der Waals surface area (Å²) in [6, 6.07) is 7.07. The van der Waals surface area contributed by atoms with Gasteiger partial charge >= 0.3 is 0 Å². The highest BCUT2D eigenvalue weighted by atomic mass is 16.5. The van der Waals surface area contributed by atoms with E-state index in [9.17, 15) is 4.79 Å². The van der Waals surface area contributed by atoms with E-state index >= 15 is 0 Å². The lowest BCUT2D eigenvalue weighted by Crippen LogP contribution is -2.50. The smallest absolute Gasteiger partial charge is 0.224 e. The Morgan fingerprint density at radius 3 is 2.57 bits per heavy atom. The topological polar surface area (TPSA) is 96.9 Å². The van der Waals surface area contributed by atoms with Gasteiger partial charge in [0.2, 0.25) is 5.91 Å². The zero-order valence-electron chi connectivity index (χ0n) is 12.1. The average Bonchev–Trinajstić information content (AvgIpc) is 2.47. The molecule has 6 nitrogen and oxygen atoms in total. The fourth-order valence-electron chi connectivity index (χ4n) is 2.36. The molecule has 1 aromatic carbocycles. The lowest BCUT2D eigenvalue weighted by atomic mass is 9.92. The number of hydrogen-bond acceptors (Lipinski definition) is 4. The Labute approximate surface area is 124 Å². The lowest BCUT2D eigenvalue weighted by Gasteiger charge is -2.34. The van der Waals surface area contributed by atoms with Crippen molar-refractivity contribution in [2.75, 3.05) is 13.2 Å². The Kier molecular flexibility index (Phi) is 4.80. The third kappa shape index (κ3) is 4.19. The van der Waals surface area contributed by atoms with Crippen molar-refractivity contribution >= 4 is 11.7 Å². The highest BCUT2D eigenvalue weighted by Crippen LogP contribution is 2.19. The Hall–Kier alpha value is -2.08. The fraction of sp³-hybridized carbons (Fsp3) is 0.467. The van der Waals surface area contributed by atoms with Crippen LogP contribution in [0.4, 0.5) is 0 Å². The molecule has 0 unspecified atom stereocenters. The average molecular weight is 291 g/mol. The molecule has 4 N–H and O–H groups in total. The number of nitrogens with zero attached hydrogens (tertiary/aromatic N) is 1. The molecule has 1 amide bonds. The highest BCUT2D eigenvalue weighted by molar-refractivity contribution is 5.97. The van der Waals surface area contributed by atoms with Gasteiger partial charge in [-0.2, -0.15) is 0 Å². The molecule has 2 rings (SSSR count). The molecule has 21 heavy (non-hydrogen) atoms. The quantitative estimate of drug-likeness (QED) is 0.334. The van der Waals surface area contributed by atoms with Crippen molar-refractivity contribution in [2.45, 2.75) is 31.7 Å². The maximum atomic E-state index is 12.1. The normalized spacial score (nSPS) is 18.2. The van der Waals surface area contributed by atoms with Crippen molar-refractivity contribution < 1.29 is 14.7 Å². The van der Waals surface area contributed by atoms with E-state index in [1.54, 1.807) is 24.3 Å². The van der Waals surface area contributed by atoms with Gasteiger partial charge in [-0.05, 0) is 25.3 Å². The van der Waals surface area contributed by atoms with Gasteiger partial charge in [-0.3, -0.25) is 4.79 Å². The van der Waals surface area contributed by atoms with Gasteiger partial charge in [0.15, 0.2) is 5.84 Å². The Morgan fingerprint density at radius 2 is 2.00 bits per heavy atom. The van der Waals surface area contributed by atoms with E-state index in [4.69, 9.17) is 15.7 Å². The van der Waals surface area contributed by atoms with E-state index in [2.05, 4.69) is 17.4 Å². The number of amides is 1. The summed E-state index contributed by atoms with van der Waals surface area (Å²) in [6.07, 6.45) is 1.98. The number of hydrogen-bond donors (Lipinski definition) is 3. The van der Waals surface area contributed by atoms with Crippen molar-refractivity contribution in [3.05, 3.63) is 35.4 Å². The van der Waals surface area contributed by atoms with E-state index in [0.29, 0.717) is 25.2 Å². The predicted molar refractivity (Wildman–Crippen MR) is 79.3 cm³/mol. The van der Waals surface area contributed by atoms with Gasteiger partial charge in [0.25, 0.3) is 0 Å². The molecule has 114 valence electrons. The number of nitrogens with one attached hydrogen (secondary N) is 1. The van der Waals surface area contributed by atoms with E-state index in [1.165, 1.54) is 0 Å². The van der Waals surface area contributed by atoms with Gasteiger partial charge in [-0.15, -0.1) is 0 Å². The van der Waals surface area contributed by atoms with Gasteiger partial charge < -0.3 is 21.0 Å². The molecule has 1 heterocycles. The molecular weight excluding hydrogens is 270 g/mol. The number of carbonyl (C=O) groups excluding carboxylic acids is 1. The first kappa shape index (κ1) is 15.3. The second-order valence-electron chi connectivity index (χ2n) is 5.58. The number of benzene rings is 1. The molecule has 1 aromatic rings.